The van der Waals surface area contributed by atoms with E-state index in [1.807, 2.05) is 13.8 Å². The van der Waals surface area contributed by atoms with Crippen molar-refractivity contribution in [3.8, 4) is 0 Å². The minimum Gasteiger partial charge on any atom is -0.462 e. The molecule has 3 spiro atoms. The lowest BCUT2D eigenvalue weighted by Crippen LogP contribution is -2.73. The molecule has 18 atom stereocenters. The Bertz CT molecular complexity index is 2080. The number of hydrogen-bond acceptors (Lipinski definition) is 16. The van der Waals surface area contributed by atoms with Crippen LogP contribution in [0.15, 0.2) is 0 Å². The van der Waals surface area contributed by atoms with Gasteiger partial charge in [-0.2, -0.15) is 0 Å². The first kappa shape index (κ1) is 46.8. The number of esters is 5. The third-order valence-corrected chi connectivity index (χ3v) is 18.7. The van der Waals surface area contributed by atoms with E-state index in [2.05, 4.69) is 0 Å². The van der Waals surface area contributed by atoms with Gasteiger partial charge in [0, 0.05) is 122 Å². The third kappa shape index (κ3) is 6.21. The Hall–Kier alpha value is -3.76. The molecule has 8 fully saturated rings. The van der Waals surface area contributed by atoms with Crippen LogP contribution in [-0.2, 0) is 62.0 Å². The molecule has 0 amide bonds. The minimum atomic E-state index is -2.00. The maximum atomic E-state index is 16.1. The van der Waals surface area contributed by atoms with Gasteiger partial charge in [-0.05, 0) is 32.1 Å². The van der Waals surface area contributed by atoms with Gasteiger partial charge in [-0.25, -0.2) is 0 Å². The van der Waals surface area contributed by atoms with Gasteiger partial charge in [0.1, 0.15) is 36.0 Å². The van der Waals surface area contributed by atoms with Crippen molar-refractivity contribution in [1.82, 2.24) is 0 Å². The fraction of sp³-hybridized carbons (Fsp3) is 0.833. The average Bonchev–Trinajstić information content (AvgIpc) is 3.32. The molecule has 16 nitrogen and oxygen atoms in total. The van der Waals surface area contributed by atoms with Crippen LogP contribution >= 0.6 is 0 Å². The maximum Gasteiger partial charge on any atom is 0.314 e. The standard InChI is InChI=1S/C48H66O16/c1-21(49)60-30-13-25-17-47(20-29(55)37-43(7,8)35(63-24(4)52)16-33(57)45(37,10)39(30)47)41(59)64-48(12-11-27(25)53)26-14-31(61-22(2)50)38-44(9)32(56)15-34(62-23(3)51)42(5,6)36(44)28(54)19-46(38,18-26)40(48)58/h25-26,28,30-39,54,56-57H,11-20H2,1-10H3/t25-,26-,28-,30-,31-,32-,33-,34-,35-,36+,37+,38-,39-,44+,45+,46-,47-,48-/m0/s1. The Labute approximate surface area is 373 Å². The number of carbonyl (C=O) groups excluding carboxylic acids is 8. The van der Waals surface area contributed by atoms with Gasteiger partial charge in [-0.15, -0.1) is 0 Å². The average molecular weight is 899 g/mol. The van der Waals surface area contributed by atoms with Gasteiger partial charge in [-0.3, -0.25) is 38.4 Å². The summed E-state index contributed by atoms with van der Waals surface area (Å²) in [5.41, 5.74) is -10.2. The van der Waals surface area contributed by atoms with E-state index in [1.165, 1.54) is 27.7 Å². The van der Waals surface area contributed by atoms with Gasteiger partial charge in [0.2, 0.25) is 0 Å². The molecule has 354 valence electrons. The van der Waals surface area contributed by atoms with Crippen LogP contribution in [0.1, 0.15) is 133 Å². The molecule has 64 heavy (non-hydrogen) atoms. The molecule has 7 aliphatic carbocycles. The molecule has 0 aromatic carbocycles. The largest absolute Gasteiger partial charge is 0.462 e. The van der Waals surface area contributed by atoms with E-state index in [9.17, 15) is 39.3 Å². The van der Waals surface area contributed by atoms with Gasteiger partial charge in [0.05, 0.1) is 23.7 Å². The Balaban J connectivity index is 1.27. The van der Waals surface area contributed by atoms with Gasteiger partial charge in [-0.1, -0.05) is 41.5 Å². The summed E-state index contributed by atoms with van der Waals surface area (Å²) in [5, 5.41) is 37.0. The molecule has 3 N–H and O–H groups in total. The van der Waals surface area contributed by atoms with Crippen LogP contribution in [0, 0.1) is 68.0 Å². The van der Waals surface area contributed by atoms with Crippen molar-refractivity contribution < 1.29 is 77.4 Å². The van der Waals surface area contributed by atoms with Gasteiger partial charge in [0.25, 0.3) is 0 Å². The fourth-order valence-electron chi connectivity index (χ4n) is 17.1. The summed E-state index contributed by atoms with van der Waals surface area (Å²) < 4.78 is 30.4. The molecule has 0 radical (unpaired) electrons. The summed E-state index contributed by atoms with van der Waals surface area (Å²) in [6, 6.07) is 0. The smallest absolute Gasteiger partial charge is 0.314 e. The van der Waals surface area contributed by atoms with E-state index < -0.39 is 164 Å². The lowest BCUT2D eigenvalue weighted by molar-refractivity contribution is -0.278. The Morgan fingerprint density at radius 3 is 1.67 bits per heavy atom. The third-order valence-electron chi connectivity index (χ3n) is 18.7. The first-order valence-corrected chi connectivity index (χ1v) is 23.1. The summed E-state index contributed by atoms with van der Waals surface area (Å²) in [4.78, 5) is 112. The van der Waals surface area contributed by atoms with Crippen LogP contribution in [0.25, 0.3) is 0 Å². The van der Waals surface area contributed by atoms with Gasteiger partial charge < -0.3 is 39.0 Å². The zero-order valence-electron chi connectivity index (χ0n) is 38.7. The van der Waals surface area contributed by atoms with Crippen molar-refractivity contribution in [3.63, 3.8) is 0 Å². The second-order valence-corrected chi connectivity index (χ2v) is 22.8. The Morgan fingerprint density at radius 2 is 1.11 bits per heavy atom. The normalized spacial score (nSPS) is 48.7. The van der Waals surface area contributed by atoms with Crippen LogP contribution < -0.4 is 0 Å². The van der Waals surface area contributed by atoms with Gasteiger partial charge in [0.15, 0.2) is 11.4 Å². The molecule has 1 saturated heterocycles. The van der Waals surface area contributed by atoms with Gasteiger partial charge >= 0.3 is 29.8 Å². The van der Waals surface area contributed by atoms with Crippen LogP contribution in [-0.4, -0.2) is 111 Å². The van der Waals surface area contributed by atoms with Crippen LogP contribution in [0.2, 0.25) is 0 Å². The first-order valence-electron chi connectivity index (χ1n) is 23.1. The molecule has 16 heteroatoms. The molecular formula is C48H66O16. The molecule has 0 unspecified atom stereocenters. The van der Waals surface area contributed by atoms with Crippen LogP contribution in [0.4, 0.5) is 0 Å². The first-order chi connectivity index (χ1) is 29.5. The van der Waals surface area contributed by atoms with E-state index in [0.717, 1.165) is 0 Å². The number of aliphatic hydroxyl groups excluding tert-OH is 3. The van der Waals surface area contributed by atoms with Crippen molar-refractivity contribution in [2.45, 2.75) is 182 Å². The second-order valence-electron chi connectivity index (χ2n) is 22.8. The lowest BCUT2D eigenvalue weighted by atomic mass is 9.38. The summed E-state index contributed by atoms with van der Waals surface area (Å²) in [5.74, 6) is -10.2. The number of rotatable bonds is 4. The van der Waals surface area contributed by atoms with Crippen molar-refractivity contribution in [2.75, 3.05) is 0 Å². The van der Waals surface area contributed by atoms with E-state index in [-0.39, 0.29) is 63.6 Å². The predicted octanol–water partition coefficient (Wildman–Crippen LogP) is 3.53. The van der Waals surface area contributed by atoms with Crippen molar-refractivity contribution in [3.05, 3.63) is 0 Å². The molecule has 0 aromatic rings. The minimum absolute atomic E-state index is 0.00596. The molecule has 1 heterocycles. The van der Waals surface area contributed by atoms with Crippen LogP contribution in [0.3, 0.4) is 0 Å². The Kier molecular flexibility index (Phi) is 10.9. The van der Waals surface area contributed by atoms with E-state index >= 15 is 14.4 Å². The molecule has 4 bridgehead atoms. The predicted molar refractivity (Wildman–Crippen MR) is 220 cm³/mol. The Morgan fingerprint density at radius 1 is 0.594 bits per heavy atom. The number of carbonyl (C=O) groups is 8. The number of fused-ring (bicyclic) bond motifs is 7. The number of Topliss-reactive ketones (excluding diaryl/α,β-unsaturated/α-hetero) is 3. The SMILES string of the molecule is CC(=O)O[C@H]1C[C@H]2C[C@@]3(CC(=O)[C@@H]4C(C)(C)[C@@H](OC(C)=O)C[C@H](O)[C@@]4(C)[C@H]13)C(=O)O[C@]1(CCC2=O)C(=O)[C@]23C[C@@H]1C[C@H](OC(C)=O)[C@H]2[C@@]1(C)[C@H]([C@@H](O)C3)C(C)(C)[C@@H](OC(C)=O)C[C@@H]1O. The molecule has 0 aromatic heterocycles. The number of ketones is 3. The van der Waals surface area contributed by atoms with Crippen LogP contribution in [0.5, 0.6) is 0 Å². The van der Waals surface area contributed by atoms with E-state index in [4.69, 9.17) is 23.7 Å². The highest BCUT2D eigenvalue weighted by Crippen LogP contribution is 2.74. The highest BCUT2D eigenvalue weighted by atomic mass is 16.6. The summed E-state index contributed by atoms with van der Waals surface area (Å²) in [6.07, 6.45) is -8.94. The van der Waals surface area contributed by atoms with Crippen molar-refractivity contribution in [1.29, 1.82) is 0 Å². The number of aliphatic hydroxyl groups is 3. The number of hydrogen-bond donors (Lipinski definition) is 3. The zero-order chi connectivity index (χ0) is 47.2. The van der Waals surface area contributed by atoms with Crippen molar-refractivity contribution >= 4 is 47.2 Å². The highest BCUT2D eigenvalue weighted by Gasteiger charge is 2.81. The zero-order valence-corrected chi connectivity index (χ0v) is 38.7. The summed E-state index contributed by atoms with van der Waals surface area (Å²) in [6.45, 7) is 15.7. The summed E-state index contributed by atoms with van der Waals surface area (Å²) in [7, 11) is 0. The monoisotopic (exact) mass is 898 g/mol. The summed E-state index contributed by atoms with van der Waals surface area (Å²) >= 11 is 0. The molecular weight excluding hydrogens is 833 g/mol. The quantitative estimate of drug-likeness (QED) is 0.270. The molecule has 1 aliphatic heterocycles. The topological polar surface area (TPSA) is 243 Å². The highest BCUT2D eigenvalue weighted by molar-refractivity contribution is 6.01. The fourth-order valence-corrected chi connectivity index (χ4v) is 17.1. The second kappa shape index (κ2) is 14.9. The lowest BCUT2D eigenvalue weighted by Gasteiger charge is -2.67. The van der Waals surface area contributed by atoms with Crippen molar-refractivity contribution in [2.24, 2.45) is 68.0 Å². The molecule has 8 aliphatic rings. The maximum absolute atomic E-state index is 16.1. The molecule has 8 rings (SSSR count). The molecule has 7 saturated carbocycles. The van der Waals surface area contributed by atoms with E-state index in [0.29, 0.717) is 0 Å². The number of ether oxygens (including phenoxy) is 5. The van der Waals surface area contributed by atoms with E-state index in [1.54, 1.807) is 27.7 Å².